The standard InChI is InChI=1S/C22H24ClN3O5S/c1-22(2,3)26(21(30)31)12-5-4-11-25-19(28)13-7-6-8-14(17(13)20(25)29)24-18(27)15-9-10-16(23)32-15/h6-10H,4-5,11-12H2,1-3H3,(H,24,27)(H,30,31). The molecule has 0 fully saturated rings. The fourth-order valence-electron chi connectivity index (χ4n) is 3.52. The summed E-state index contributed by atoms with van der Waals surface area (Å²) in [7, 11) is 0. The van der Waals surface area contributed by atoms with Gasteiger partial charge >= 0.3 is 6.09 Å². The lowest BCUT2D eigenvalue weighted by Gasteiger charge is -2.33. The molecule has 2 N–H and O–H groups in total. The molecule has 2 heterocycles. The molecule has 0 radical (unpaired) electrons. The van der Waals surface area contributed by atoms with E-state index in [4.69, 9.17) is 11.6 Å². The molecule has 0 saturated carbocycles. The number of thiophene rings is 1. The Morgan fingerprint density at radius 2 is 1.84 bits per heavy atom. The number of anilines is 1. The molecule has 4 amide bonds. The normalized spacial score (nSPS) is 13.3. The summed E-state index contributed by atoms with van der Waals surface area (Å²) in [6.45, 7) is 5.90. The number of nitrogens with zero attached hydrogens (tertiary/aromatic N) is 2. The molecular weight excluding hydrogens is 454 g/mol. The molecule has 0 saturated heterocycles. The van der Waals surface area contributed by atoms with E-state index in [2.05, 4.69) is 5.32 Å². The van der Waals surface area contributed by atoms with E-state index in [1.807, 2.05) is 20.8 Å². The molecule has 0 aliphatic carbocycles. The van der Waals surface area contributed by atoms with Crippen LogP contribution < -0.4 is 5.32 Å². The summed E-state index contributed by atoms with van der Waals surface area (Å²) in [5.41, 5.74) is 0.123. The van der Waals surface area contributed by atoms with Crippen LogP contribution in [0.3, 0.4) is 0 Å². The maximum absolute atomic E-state index is 13.0. The first-order valence-corrected chi connectivity index (χ1v) is 11.3. The summed E-state index contributed by atoms with van der Waals surface area (Å²) in [5, 5.41) is 12.1. The van der Waals surface area contributed by atoms with Crippen LogP contribution in [0.15, 0.2) is 30.3 Å². The number of fused-ring (bicyclic) bond motifs is 1. The van der Waals surface area contributed by atoms with Gasteiger partial charge in [-0.05, 0) is 57.9 Å². The van der Waals surface area contributed by atoms with Crippen LogP contribution in [0.25, 0.3) is 0 Å². The van der Waals surface area contributed by atoms with Gasteiger partial charge in [0.1, 0.15) is 0 Å². The molecule has 0 atom stereocenters. The Morgan fingerprint density at radius 1 is 1.12 bits per heavy atom. The largest absolute Gasteiger partial charge is 0.465 e. The number of benzene rings is 1. The number of halogens is 1. The Labute approximate surface area is 194 Å². The van der Waals surface area contributed by atoms with Gasteiger partial charge in [-0.2, -0.15) is 0 Å². The molecule has 170 valence electrons. The fraction of sp³-hybridized carbons (Fsp3) is 0.364. The number of carbonyl (C=O) groups is 4. The van der Waals surface area contributed by atoms with E-state index in [9.17, 15) is 24.3 Å². The number of rotatable bonds is 7. The highest BCUT2D eigenvalue weighted by molar-refractivity contribution is 7.18. The molecule has 1 aliphatic rings. The van der Waals surface area contributed by atoms with Crippen molar-refractivity contribution in [3.63, 3.8) is 0 Å². The van der Waals surface area contributed by atoms with Crippen LogP contribution in [-0.2, 0) is 0 Å². The average Bonchev–Trinajstić information content (AvgIpc) is 3.24. The van der Waals surface area contributed by atoms with Gasteiger partial charge in [0.2, 0.25) is 0 Å². The van der Waals surface area contributed by atoms with Gasteiger partial charge in [-0.15, -0.1) is 11.3 Å². The number of hydrogen-bond acceptors (Lipinski definition) is 5. The number of amides is 4. The predicted octanol–water partition coefficient (Wildman–Crippen LogP) is 4.81. The number of hydrogen-bond donors (Lipinski definition) is 2. The highest BCUT2D eigenvalue weighted by Crippen LogP contribution is 2.31. The smallest absolute Gasteiger partial charge is 0.407 e. The quantitative estimate of drug-likeness (QED) is 0.439. The highest BCUT2D eigenvalue weighted by atomic mass is 35.5. The minimum Gasteiger partial charge on any atom is -0.465 e. The Morgan fingerprint density at radius 3 is 2.44 bits per heavy atom. The molecule has 8 nitrogen and oxygen atoms in total. The number of carbonyl (C=O) groups excluding carboxylic acids is 3. The number of nitrogens with one attached hydrogen (secondary N) is 1. The van der Waals surface area contributed by atoms with Gasteiger partial charge in [-0.3, -0.25) is 19.3 Å². The van der Waals surface area contributed by atoms with Crippen LogP contribution in [0, 0.1) is 0 Å². The number of imide groups is 1. The Kier molecular flexibility index (Phi) is 6.90. The van der Waals surface area contributed by atoms with Crippen molar-refractivity contribution in [1.82, 2.24) is 9.80 Å². The molecule has 0 spiro atoms. The second-order valence-corrected chi connectivity index (χ2v) is 10.1. The monoisotopic (exact) mass is 477 g/mol. The van der Waals surface area contributed by atoms with Crippen molar-refractivity contribution in [1.29, 1.82) is 0 Å². The molecule has 1 aromatic carbocycles. The maximum atomic E-state index is 13.0. The average molecular weight is 478 g/mol. The molecule has 10 heteroatoms. The minimum atomic E-state index is -1.01. The van der Waals surface area contributed by atoms with Crippen LogP contribution in [0.5, 0.6) is 0 Å². The van der Waals surface area contributed by atoms with E-state index in [1.165, 1.54) is 4.90 Å². The first-order valence-electron chi connectivity index (χ1n) is 10.1. The van der Waals surface area contributed by atoms with Gasteiger partial charge in [-0.1, -0.05) is 17.7 Å². The molecular formula is C22H24ClN3O5S. The zero-order valence-corrected chi connectivity index (χ0v) is 19.5. The van der Waals surface area contributed by atoms with E-state index >= 15 is 0 Å². The lowest BCUT2D eigenvalue weighted by Crippen LogP contribution is -2.45. The summed E-state index contributed by atoms with van der Waals surface area (Å²) in [6, 6.07) is 7.94. The Balaban J connectivity index is 1.67. The van der Waals surface area contributed by atoms with E-state index in [-0.39, 0.29) is 23.4 Å². The molecule has 0 bridgehead atoms. The van der Waals surface area contributed by atoms with Gasteiger partial charge in [-0.25, -0.2) is 4.79 Å². The zero-order chi connectivity index (χ0) is 23.6. The zero-order valence-electron chi connectivity index (χ0n) is 18.0. The van der Waals surface area contributed by atoms with E-state index in [0.29, 0.717) is 28.6 Å². The van der Waals surface area contributed by atoms with Crippen LogP contribution in [-0.4, -0.2) is 57.3 Å². The van der Waals surface area contributed by atoms with Gasteiger partial charge in [0, 0.05) is 18.6 Å². The third-order valence-corrected chi connectivity index (χ3v) is 6.33. The van der Waals surface area contributed by atoms with Crippen LogP contribution in [0.2, 0.25) is 4.34 Å². The van der Waals surface area contributed by atoms with Crippen molar-refractivity contribution >= 4 is 52.4 Å². The topological polar surface area (TPSA) is 107 Å². The van der Waals surface area contributed by atoms with Gasteiger partial charge < -0.3 is 15.3 Å². The van der Waals surface area contributed by atoms with Crippen LogP contribution in [0.1, 0.15) is 64.0 Å². The second kappa shape index (κ2) is 9.30. The second-order valence-electron chi connectivity index (χ2n) is 8.36. The van der Waals surface area contributed by atoms with Crippen molar-refractivity contribution in [2.75, 3.05) is 18.4 Å². The molecule has 1 aliphatic heterocycles. The predicted molar refractivity (Wildman–Crippen MR) is 123 cm³/mol. The fourth-order valence-corrected chi connectivity index (χ4v) is 4.46. The van der Waals surface area contributed by atoms with Gasteiger partial charge in [0.15, 0.2) is 0 Å². The molecule has 3 rings (SSSR count). The van der Waals surface area contributed by atoms with Crippen molar-refractivity contribution in [2.45, 2.75) is 39.2 Å². The van der Waals surface area contributed by atoms with E-state index < -0.39 is 29.4 Å². The highest BCUT2D eigenvalue weighted by Gasteiger charge is 2.37. The Hall–Kier alpha value is -2.91. The maximum Gasteiger partial charge on any atom is 0.407 e. The number of unbranched alkanes of at least 4 members (excludes halogenated alkanes) is 1. The van der Waals surface area contributed by atoms with E-state index in [1.54, 1.807) is 30.3 Å². The first-order chi connectivity index (χ1) is 15.0. The molecule has 2 aromatic rings. The van der Waals surface area contributed by atoms with E-state index in [0.717, 1.165) is 16.2 Å². The lowest BCUT2D eigenvalue weighted by molar-refractivity contribution is 0.0643. The lowest BCUT2D eigenvalue weighted by atomic mass is 10.1. The summed E-state index contributed by atoms with van der Waals surface area (Å²) in [6.07, 6.45) is -0.0499. The molecule has 1 aromatic heterocycles. The van der Waals surface area contributed by atoms with Crippen LogP contribution in [0.4, 0.5) is 10.5 Å². The van der Waals surface area contributed by atoms with Gasteiger partial charge in [0.05, 0.1) is 26.0 Å². The number of carboxylic acid groups (broad SMARTS) is 1. The minimum absolute atomic E-state index is 0.162. The molecule has 32 heavy (non-hydrogen) atoms. The van der Waals surface area contributed by atoms with Crippen molar-refractivity contribution in [3.05, 3.63) is 50.7 Å². The summed E-state index contributed by atoms with van der Waals surface area (Å²) in [5.74, 6) is -1.31. The molecule has 0 unspecified atom stereocenters. The third kappa shape index (κ3) is 4.94. The Bertz CT molecular complexity index is 1080. The summed E-state index contributed by atoms with van der Waals surface area (Å²) in [4.78, 5) is 52.6. The SMILES string of the molecule is CC(C)(C)N(CCCCN1C(=O)c2cccc(NC(=O)c3ccc(Cl)s3)c2C1=O)C(=O)O. The van der Waals surface area contributed by atoms with Crippen molar-refractivity contribution in [2.24, 2.45) is 0 Å². The van der Waals surface area contributed by atoms with Gasteiger partial charge in [0.25, 0.3) is 17.7 Å². The summed E-state index contributed by atoms with van der Waals surface area (Å²) >= 11 is 7.00. The first kappa shape index (κ1) is 23.7. The third-order valence-electron chi connectivity index (χ3n) is 5.10. The summed E-state index contributed by atoms with van der Waals surface area (Å²) < 4.78 is 0.471. The van der Waals surface area contributed by atoms with Crippen molar-refractivity contribution < 1.29 is 24.3 Å². The van der Waals surface area contributed by atoms with Crippen molar-refractivity contribution in [3.8, 4) is 0 Å². The van der Waals surface area contributed by atoms with Crippen LogP contribution >= 0.6 is 22.9 Å².